The predicted octanol–water partition coefficient (Wildman–Crippen LogP) is 1.18. The van der Waals surface area contributed by atoms with Crippen LogP contribution in [0.2, 0.25) is 0 Å². The molecule has 0 unspecified atom stereocenters. The standard InChI is InChI=1S/C10H13N3O/c1-2-7-12-10(13-14)8-5-3-4-6-9(8)11/h2-6,14H,1,7,11H2,(H,12,13). The molecule has 1 aromatic carbocycles. The molecular weight excluding hydrogens is 178 g/mol. The topological polar surface area (TPSA) is 70.6 Å². The van der Waals surface area contributed by atoms with E-state index >= 15 is 0 Å². The smallest absolute Gasteiger partial charge is 0.154 e. The summed E-state index contributed by atoms with van der Waals surface area (Å²) in [6, 6.07) is 7.17. The average molecular weight is 191 g/mol. The number of hydroxylamine groups is 1. The van der Waals surface area contributed by atoms with Crippen LogP contribution in [0.25, 0.3) is 0 Å². The van der Waals surface area contributed by atoms with E-state index in [-0.39, 0.29) is 0 Å². The first-order valence-corrected chi connectivity index (χ1v) is 4.20. The first-order chi connectivity index (χ1) is 6.79. The number of amidine groups is 1. The molecule has 0 fully saturated rings. The van der Waals surface area contributed by atoms with Gasteiger partial charge in [0, 0.05) is 11.3 Å². The normalized spacial score (nSPS) is 11.1. The van der Waals surface area contributed by atoms with Gasteiger partial charge in [0.05, 0.1) is 6.54 Å². The number of nitrogens with one attached hydrogen (secondary N) is 1. The van der Waals surface area contributed by atoms with E-state index in [0.29, 0.717) is 23.6 Å². The molecule has 0 saturated heterocycles. The number of anilines is 1. The number of hydrogen-bond donors (Lipinski definition) is 3. The number of aliphatic imine (C=N–C) groups is 1. The fourth-order valence-electron chi connectivity index (χ4n) is 1.05. The van der Waals surface area contributed by atoms with Crippen LogP contribution in [-0.2, 0) is 0 Å². The minimum absolute atomic E-state index is 0.350. The highest BCUT2D eigenvalue weighted by molar-refractivity contribution is 6.02. The maximum Gasteiger partial charge on any atom is 0.154 e. The van der Waals surface area contributed by atoms with Gasteiger partial charge in [-0.15, -0.1) is 6.58 Å². The van der Waals surface area contributed by atoms with Gasteiger partial charge in [-0.1, -0.05) is 18.2 Å². The number of rotatable bonds is 3. The summed E-state index contributed by atoms with van der Waals surface area (Å²) in [5.74, 6) is 0.350. The second-order valence-corrected chi connectivity index (χ2v) is 2.68. The maximum absolute atomic E-state index is 8.86. The molecule has 0 aliphatic carbocycles. The number of nitrogens with two attached hydrogens (primary N) is 1. The second-order valence-electron chi connectivity index (χ2n) is 2.68. The minimum atomic E-state index is 0.350. The molecular formula is C10H13N3O. The van der Waals surface area contributed by atoms with E-state index in [1.54, 1.807) is 18.2 Å². The zero-order chi connectivity index (χ0) is 10.4. The highest BCUT2D eigenvalue weighted by Crippen LogP contribution is 2.10. The molecule has 0 aromatic heterocycles. The lowest BCUT2D eigenvalue weighted by molar-refractivity contribution is 0.235. The Bertz CT molecular complexity index is 347. The van der Waals surface area contributed by atoms with Crippen molar-refractivity contribution >= 4 is 11.5 Å². The van der Waals surface area contributed by atoms with Crippen molar-refractivity contribution in [2.75, 3.05) is 12.3 Å². The molecule has 4 N–H and O–H groups in total. The van der Waals surface area contributed by atoms with Crippen LogP contribution in [0.4, 0.5) is 5.69 Å². The Balaban J connectivity index is 3.00. The first kappa shape index (κ1) is 10.3. The fourth-order valence-corrected chi connectivity index (χ4v) is 1.05. The Labute approximate surface area is 82.7 Å². The number of hydrogen-bond acceptors (Lipinski definition) is 3. The van der Waals surface area contributed by atoms with E-state index in [2.05, 4.69) is 11.6 Å². The molecule has 0 radical (unpaired) electrons. The van der Waals surface area contributed by atoms with Crippen LogP contribution >= 0.6 is 0 Å². The van der Waals surface area contributed by atoms with E-state index < -0.39 is 0 Å². The lowest BCUT2D eigenvalue weighted by atomic mass is 10.1. The first-order valence-electron chi connectivity index (χ1n) is 4.20. The van der Waals surface area contributed by atoms with Gasteiger partial charge in [-0.05, 0) is 12.1 Å². The molecule has 0 bridgehead atoms. The predicted molar refractivity (Wildman–Crippen MR) is 57.4 cm³/mol. The average Bonchev–Trinajstić information content (AvgIpc) is 2.21. The highest BCUT2D eigenvalue weighted by Gasteiger charge is 2.04. The van der Waals surface area contributed by atoms with E-state index in [0.717, 1.165) is 0 Å². The second kappa shape index (κ2) is 5.04. The summed E-state index contributed by atoms with van der Waals surface area (Å²) in [6.07, 6.45) is 1.64. The van der Waals surface area contributed by atoms with Gasteiger partial charge < -0.3 is 5.73 Å². The Hall–Kier alpha value is -1.81. The Morgan fingerprint density at radius 3 is 2.86 bits per heavy atom. The van der Waals surface area contributed by atoms with Crippen molar-refractivity contribution in [3.63, 3.8) is 0 Å². The Morgan fingerprint density at radius 1 is 1.57 bits per heavy atom. The maximum atomic E-state index is 8.86. The van der Waals surface area contributed by atoms with Gasteiger partial charge >= 0.3 is 0 Å². The molecule has 14 heavy (non-hydrogen) atoms. The van der Waals surface area contributed by atoms with Crippen LogP contribution in [-0.4, -0.2) is 17.6 Å². The molecule has 1 aromatic rings. The Kier molecular flexibility index (Phi) is 3.69. The van der Waals surface area contributed by atoms with Gasteiger partial charge in [0.25, 0.3) is 0 Å². The molecule has 74 valence electrons. The molecule has 0 saturated carbocycles. The number of nitrogens with zero attached hydrogens (tertiary/aromatic N) is 1. The lowest BCUT2D eigenvalue weighted by Gasteiger charge is -2.06. The quantitative estimate of drug-likeness (QED) is 0.221. The Morgan fingerprint density at radius 2 is 2.29 bits per heavy atom. The summed E-state index contributed by atoms with van der Waals surface area (Å²) < 4.78 is 0. The van der Waals surface area contributed by atoms with Crippen molar-refractivity contribution in [1.82, 2.24) is 5.48 Å². The lowest BCUT2D eigenvalue weighted by Crippen LogP contribution is -2.21. The van der Waals surface area contributed by atoms with E-state index in [1.165, 1.54) is 0 Å². The van der Waals surface area contributed by atoms with Gasteiger partial charge in [-0.3, -0.25) is 15.7 Å². The van der Waals surface area contributed by atoms with E-state index in [9.17, 15) is 0 Å². The third-order valence-corrected chi connectivity index (χ3v) is 1.70. The van der Waals surface area contributed by atoms with Gasteiger partial charge in [-0.2, -0.15) is 0 Å². The summed E-state index contributed by atoms with van der Waals surface area (Å²) in [6.45, 7) is 3.96. The third-order valence-electron chi connectivity index (χ3n) is 1.70. The van der Waals surface area contributed by atoms with Crippen molar-refractivity contribution < 1.29 is 5.21 Å². The molecule has 0 heterocycles. The van der Waals surface area contributed by atoms with Crippen molar-refractivity contribution in [1.29, 1.82) is 0 Å². The highest BCUT2D eigenvalue weighted by atomic mass is 16.5. The summed E-state index contributed by atoms with van der Waals surface area (Å²) in [5, 5.41) is 8.86. The molecule has 1 rings (SSSR count). The van der Waals surface area contributed by atoms with Crippen LogP contribution in [0.1, 0.15) is 5.56 Å². The van der Waals surface area contributed by atoms with Gasteiger partial charge in [-0.25, -0.2) is 0 Å². The van der Waals surface area contributed by atoms with Crippen molar-refractivity contribution in [3.05, 3.63) is 42.5 Å². The molecule has 4 heteroatoms. The SMILES string of the molecule is C=CCN=C(NO)c1ccccc1N. The number of para-hydroxylation sites is 1. The molecule has 0 atom stereocenters. The molecule has 0 aliphatic rings. The molecule has 4 nitrogen and oxygen atoms in total. The van der Waals surface area contributed by atoms with Crippen molar-refractivity contribution in [2.24, 2.45) is 4.99 Å². The van der Waals surface area contributed by atoms with Gasteiger partial charge in [0.2, 0.25) is 0 Å². The zero-order valence-electron chi connectivity index (χ0n) is 7.77. The van der Waals surface area contributed by atoms with E-state index in [1.807, 2.05) is 17.6 Å². The molecule has 0 aliphatic heterocycles. The van der Waals surface area contributed by atoms with Crippen LogP contribution < -0.4 is 11.2 Å². The van der Waals surface area contributed by atoms with Crippen LogP contribution in [0.5, 0.6) is 0 Å². The monoisotopic (exact) mass is 191 g/mol. The molecule has 0 amide bonds. The molecule has 0 spiro atoms. The van der Waals surface area contributed by atoms with Crippen LogP contribution in [0.3, 0.4) is 0 Å². The van der Waals surface area contributed by atoms with Gasteiger partial charge in [0.1, 0.15) is 0 Å². The van der Waals surface area contributed by atoms with Crippen molar-refractivity contribution in [3.8, 4) is 0 Å². The summed E-state index contributed by atoms with van der Waals surface area (Å²) in [5.41, 5.74) is 8.97. The van der Waals surface area contributed by atoms with Crippen LogP contribution in [0, 0.1) is 0 Å². The summed E-state index contributed by atoms with van der Waals surface area (Å²) in [7, 11) is 0. The van der Waals surface area contributed by atoms with Crippen LogP contribution in [0.15, 0.2) is 41.9 Å². The van der Waals surface area contributed by atoms with Crippen molar-refractivity contribution in [2.45, 2.75) is 0 Å². The minimum Gasteiger partial charge on any atom is -0.398 e. The van der Waals surface area contributed by atoms with Gasteiger partial charge in [0.15, 0.2) is 5.84 Å². The van der Waals surface area contributed by atoms with E-state index in [4.69, 9.17) is 10.9 Å². The zero-order valence-corrected chi connectivity index (χ0v) is 7.77. The number of benzene rings is 1. The summed E-state index contributed by atoms with van der Waals surface area (Å²) >= 11 is 0. The largest absolute Gasteiger partial charge is 0.398 e. The summed E-state index contributed by atoms with van der Waals surface area (Å²) in [4.78, 5) is 4.05. The third kappa shape index (κ3) is 2.34. The fraction of sp³-hybridized carbons (Fsp3) is 0.100. The number of nitrogen functional groups attached to an aromatic ring is 1.